The first-order chi connectivity index (χ1) is 12.8. The molecule has 3 aromatic rings. The third-order valence-corrected chi connectivity index (χ3v) is 5.80. The third kappa shape index (κ3) is 4.59. The van der Waals surface area contributed by atoms with Crippen LogP contribution in [0.5, 0.6) is 0 Å². The Hall–Kier alpha value is -3.00. The van der Waals surface area contributed by atoms with Gasteiger partial charge in [-0.3, -0.25) is 4.79 Å². The van der Waals surface area contributed by atoms with E-state index >= 15 is 0 Å². The molecule has 0 aliphatic heterocycles. The Kier molecular flexibility index (Phi) is 5.36. The van der Waals surface area contributed by atoms with Gasteiger partial charge < -0.3 is 9.84 Å². The summed E-state index contributed by atoms with van der Waals surface area (Å²) in [5.74, 6) is -0.990. The lowest BCUT2D eigenvalue weighted by molar-refractivity contribution is -0.116. The second-order valence-electron chi connectivity index (χ2n) is 6.04. The molecule has 0 spiro atoms. The van der Waals surface area contributed by atoms with Crippen molar-refractivity contribution in [1.29, 1.82) is 0 Å². The summed E-state index contributed by atoms with van der Waals surface area (Å²) in [5.41, 5.74) is 0.722. The molecule has 27 heavy (non-hydrogen) atoms. The van der Waals surface area contributed by atoms with Gasteiger partial charge in [-0.15, -0.1) is 0 Å². The number of anilines is 1. The Morgan fingerprint density at radius 3 is 2.41 bits per heavy atom. The van der Waals surface area contributed by atoms with Crippen LogP contribution in [0.4, 0.5) is 10.2 Å². The Morgan fingerprint density at radius 2 is 1.81 bits per heavy atom. The summed E-state index contributed by atoms with van der Waals surface area (Å²) in [6, 6.07) is 14.8. The summed E-state index contributed by atoms with van der Waals surface area (Å²) in [6.45, 7) is 1.66. The molecule has 0 radical (unpaired) electrons. The van der Waals surface area contributed by atoms with Crippen LogP contribution in [-0.2, 0) is 20.4 Å². The van der Waals surface area contributed by atoms with Crippen LogP contribution in [-0.4, -0.2) is 19.5 Å². The van der Waals surface area contributed by atoms with Crippen LogP contribution < -0.4 is 5.32 Å². The second-order valence-corrected chi connectivity index (χ2v) is 8.12. The number of nitrogens with one attached hydrogen (secondary N) is 1. The van der Waals surface area contributed by atoms with Crippen molar-refractivity contribution in [2.75, 3.05) is 5.32 Å². The lowest BCUT2D eigenvalue weighted by atomic mass is 10.1. The zero-order valence-corrected chi connectivity index (χ0v) is 15.2. The lowest BCUT2D eigenvalue weighted by Crippen LogP contribution is -2.29. The van der Waals surface area contributed by atoms with Gasteiger partial charge in [0.2, 0.25) is 5.91 Å². The molecule has 8 heteroatoms. The fourth-order valence-electron chi connectivity index (χ4n) is 2.66. The van der Waals surface area contributed by atoms with E-state index < -0.39 is 32.6 Å². The van der Waals surface area contributed by atoms with Crippen molar-refractivity contribution in [3.05, 3.63) is 83.4 Å². The van der Waals surface area contributed by atoms with Crippen LogP contribution in [0.2, 0.25) is 0 Å². The highest BCUT2D eigenvalue weighted by Crippen LogP contribution is 2.27. The molecule has 0 saturated carbocycles. The van der Waals surface area contributed by atoms with Crippen molar-refractivity contribution in [2.24, 2.45) is 0 Å². The summed E-state index contributed by atoms with van der Waals surface area (Å²) in [5, 5.41) is 4.70. The van der Waals surface area contributed by atoms with E-state index in [4.69, 9.17) is 4.52 Å². The largest absolute Gasteiger partial charge is 0.360 e. The smallest absolute Gasteiger partial charge is 0.248 e. The van der Waals surface area contributed by atoms with Crippen molar-refractivity contribution < 1.29 is 22.1 Å². The first kappa shape index (κ1) is 18.8. The average molecular weight is 388 g/mol. The fourth-order valence-corrected chi connectivity index (χ4v) is 4.44. The molecule has 0 bridgehead atoms. The lowest BCUT2D eigenvalue weighted by Gasteiger charge is -2.17. The minimum Gasteiger partial charge on any atom is -0.360 e. The molecule has 1 atom stereocenters. The van der Waals surface area contributed by atoms with Crippen molar-refractivity contribution in [3.63, 3.8) is 0 Å². The molecule has 1 unspecified atom stereocenters. The average Bonchev–Trinajstić information content (AvgIpc) is 3.02. The van der Waals surface area contributed by atoms with Gasteiger partial charge >= 0.3 is 0 Å². The van der Waals surface area contributed by atoms with E-state index in [1.54, 1.807) is 37.3 Å². The Morgan fingerprint density at radius 1 is 1.15 bits per heavy atom. The second kappa shape index (κ2) is 7.71. The Labute approximate surface area is 155 Å². The van der Waals surface area contributed by atoms with E-state index in [1.165, 1.54) is 30.3 Å². The van der Waals surface area contributed by atoms with E-state index in [0.717, 1.165) is 0 Å². The summed E-state index contributed by atoms with van der Waals surface area (Å²) in [4.78, 5) is 12.8. The standard InChI is InChI=1S/C19H17FN2O4S/c1-13-11-17(22-26-13)21-19(23)18(15-5-3-2-4-6-15)27(24,25)12-14-7-9-16(20)10-8-14/h2-11,18H,12H2,1H3,(H,21,22,23). The summed E-state index contributed by atoms with van der Waals surface area (Å²) < 4.78 is 44.0. The quantitative estimate of drug-likeness (QED) is 0.699. The number of carbonyl (C=O) groups is 1. The van der Waals surface area contributed by atoms with E-state index in [-0.39, 0.29) is 5.82 Å². The highest BCUT2D eigenvalue weighted by atomic mass is 32.2. The Bertz CT molecular complexity index is 1030. The van der Waals surface area contributed by atoms with Crippen LogP contribution in [0, 0.1) is 12.7 Å². The Balaban J connectivity index is 1.93. The third-order valence-electron chi connectivity index (χ3n) is 3.86. The van der Waals surface area contributed by atoms with Crippen LogP contribution in [0.3, 0.4) is 0 Å². The predicted molar refractivity (Wildman–Crippen MR) is 98.1 cm³/mol. The number of amides is 1. The highest BCUT2D eigenvalue weighted by molar-refractivity contribution is 7.91. The van der Waals surface area contributed by atoms with E-state index in [9.17, 15) is 17.6 Å². The molecule has 0 aliphatic carbocycles. The van der Waals surface area contributed by atoms with Gasteiger partial charge in [0, 0.05) is 6.07 Å². The molecule has 0 fully saturated rings. The van der Waals surface area contributed by atoms with Gasteiger partial charge in [-0.05, 0) is 30.2 Å². The fraction of sp³-hybridized carbons (Fsp3) is 0.158. The first-order valence-electron chi connectivity index (χ1n) is 8.10. The molecule has 3 rings (SSSR count). The maximum absolute atomic E-state index is 13.1. The van der Waals surface area contributed by atoms with E-state index in [0.29, 0.717) is 16.9 Å². The monoisotopic (exact) mass is 388 g/mol. The number of sulfone groups is 1. The van der Waals surface area contributed by atoms with Crippen molar-refractivity contribution >= 4 is 21.6 Å². The van der Waals surface area contributed by atoms with Crippen molar-refractivity contribution in [2.45, 2.75) is 17.9 Å². The predicted octanol–water partition coefficient (Wildman–Crippen LogP) is 3.42. The first-order valence-corrected chi connectivity index (χ1v) is 9.82. The maximum atomic E-state index is 13.1. The summed E-state index contributed by atoms with van der Waals surface area (Å²) in [6.07, 6.45) is 0. The van der Waals surface area contributed by atoms with E-state index in [1.807, 2.05) is 0 Å². The highest BCUT2D eigenvalue weighted by Gasteiger charge is 2.34. The molecule has 1 heterocycles. The van der Waals surface area contributed by atoms with Gasteiger partial charge in [-0.2, -0.15) is 0 Å². The van der Waals surface area contributed by atoms with Gasteiger partial charge in [-0.25, -0.2) is 12.8 Å². The minimum absolute atomic E-state index is 0.135. The number of aryl methyl sites for hydroxylation is 1. The number of rotatable bonds is 6. The molecule has 1 amide bonds. The molecule has 1 aromatic heterocycles. The van der Waals surface area contributed by atoms with E-state index in [2.05, 4.69) is 10.5 Å². The number of hydrogen-bond donors (Lipinski definition) is 1. The van der Waals surface area contributed by atoms with Crippen LogP contribution in [0.1, 0.15) is 22.1 Å². The number of hydrogen-bond acceptors (Lipinski definition) is 5. The number of nitrogens with zero attached hydrogens (tertiary/aromatic N) is 1. The zero-order valence-electron chi connectivity index (χ0n) is 14.4. The van der Waals surface area contributed by atoms with Gasteiger partial charge in [-0.1, -0.05) is 47.6 Å². The SMILES string of the molecule is Cc1cc(NC(=O)C(c2ccccc2)S(=O)(=O)Cc2ccc(F)cc2)no1. The number of benzene rings is 2. The molecule has 0 saturated heterocycles. The molecule has 6 nitrogen and oxygen atoms in total. The van der Waals surface area contributed by atoms with Gasteiger partial charge in [0.25, 0.3) is 0 Å². The van der Waals surface area contributed by atoms with Gasteiger partial charge in [0.1, 0.15) is 11.6 Å². The van der Waals surface area contributed by atoms with Crippen LogP contribution >= 0.6 is 0 Å². The van der Waals surface area contributed by atoms with Crippen LogP contribution in [0.25, 0.3) is 0 Å². The summed E-state index contributed by atoms with van der Waals surface area (Å²) >= 11 is 0. The summed E-state index contributed by atoms with van der Waals surface area (Å²) in [7, 11) is -3.95. The number of halogens is 1. The molecule has 140 valence electrons. The number of carbonyl (C=O) groups excluding carboxylic acids is 1. The molecular weight excluding hydrogens is 371 g/mol. The number of aromatic nitrogens is 1. The zero-order chi connectivity index (χ0) is 19.4. The maximum Gasteiger partial charge on any atom is 0.248 e. The topological polar surface area (TPSA) is 89.3 Å². The molecule has 2 aromatic carbocycles. The van der Waals surface area contributed by atoms with Gasteiger partial charge in [0.05, 0.1) is 5.75 Å². The normalized spacial score (nSPS) is 12.5. The van der Waals surface area contributed by atoms with Crippen molar-refractivity contribution in [3.8, 4) is 0 Å². The van der Waals surface area contributed by atoms with Gasteiger partial charge in [0.15, 0.2) is 20.9 Å². The molecular formula is C19H17FN2O4S. The molecule has 1 N–H and O–H groups in total. The van der Waals surface area contributed by atoms with Crippen LogP contribution in [0.15, 0.2) is 65.2 Å². The molecule has 0 aliphatic rings. The van der Waals surface area contributed by atoms with Crippen molar-refractivity contribution in [1.82, 2.24) is 5.16 Å². The minimum atomic E-state index is -3.95.